The molecule has 1 heterocycles. The number of unbranched alkanes of at least 4 members (excludes halogenated alkanes) is 2. The largest absolute Gasteiger partial charge is 0.480 e. The molecular weight excluding hydrogens is 294 g/mol. The van der Waals surface area contributed by atoms with Crippen LogP contribution >= 0.6 is 0 Å². The van der Waals surface area contributed by atoms with Crippen molar-refractivity contribution in [1.29, 1.82) is 0 Å². The van der Waals surface area contributed by atoms with E-state index in [0.717, 1.165) is 58.2 Å². The average Bonchev–Trinajstić information content (AvgIpc) is 2.76. The third-order valence-electron chi connectivity index (χ3n) is 4.75. The summed E-state index contributed by atoms with van der Waals surface area (Å²) in [7, 11) is 1.87. The Bertz CT molecular complexity index is 376. The van der Waals surface area contributed by atoms with Gasteiger partial charge >= 0.3 is 5.97 Å². The smallest absolute Gasteiger partial charge is 0.317 e. The summed E-state index contributed by atoms with van der Waals surface area (Å²) in [6, 6.07) is 0.177. The van der Waals surface area contributed by atoms with Gasteiger partial charge in [0, 0.05) is 19.1 Å². The normalized spacial score (nSPS) is 21.0. The number of aliphatic carboxylic acids is 1. The molecule has 6 heteroatoms. The Morgan fingerprint density at radius 3 is 2.70 bits per heavy atom. The molecule has 2 atom stereocenters. The van der Waals surface area contributed by atoms with Crippen molar-refractivity contribution in [3.63, 3.8) is 0 Å². The van der Waals surface area contributed by atoms with Crippen LogP contribution < -0.4 is 5.32 Å². The van der Waals surface area contributed by atoms with Gasteiger partial charge in [-0.25, -0.2) is 0 Å². The second-order valence-electron chi connectivity index (χ2n) is 6.60. The summed E-state index contributed by atoms with van der Waals surface area (Å²) in [6.07, 6.45) is 6.25. The van der Waals surface area contributed by atoms with Crippen molar-refractivity contribution >= 4 is 11.9 Å². The molecule has 0 aromatic carbocycles. The van der Waals surface area contributed by atoms with Gasteiger partial charge < -0.3 is 10.4 Å². The van der Waals surface area contributed by atoms with E-state index >= 15 is 0 Å². The minimum absolute atomic E-state index is 0.0815. The van der Waals surface area contributed by atoms with E-state index < -0.39 is 5.97 Å². The first-order valence-electron chi connectivity index (χ1n) is 8.89. The van der Waals surface area contributed by atoms with Gasteiger partial charge in [-0.2, -0.15) is 0 Å². The Hall–Kier alpha value is -1.14. The predicted octanol–water partition coefficient (Wildman–Crippen LogP) is 1.55. The highest BCUT2D eigenvalue weighted by Crippen LogP contribution is 2.17. The van der Waals surface area contributed by atoms with E-state index in [2.05, 4.69) is 17.1 Å². The van der Waals surface area contributed by atoms with Crippen molar-refractivity contribution in [1.82, 2.24) is 15.1 Å². The topological polar surface area (TPSA) is 72.9 Å². The van der Waals surface area contributed by atoms with Crippen LogP contribution in [-0.4, -0.2) is 72.1 Å². The Morgan fingerprint density at radius 2 is 2.04 bits per heavy atom. The van der Waals surface area contributed by atoms with Gasteiger partial charge in [0.2, 0.25) is 5.91 Å². The highest BCUT2D eigenvalue weighted by atomic mass is 16.4. The fraction of sp³-hybridized carbons (Fsp3) is 0.882. The van der Waals surface area contributed by atoms with Crippen LogP contribution in [0.25, 0.3) is 0 Å². The molecule has 1 aliphatic heterocycles. The number of amides is 1. The van der Waals surface area contributed by atoms with Gasteiger partial charge in [0.25, 0.3) is 0 Å². The summed E-state index contributed by atoms with van der Waals surface area (Å²) in [5, 5.41) is 11.9. The Kier molecular flexibility index (Phi) is 9.17. The lowest BCUT2D eigenvalue weighted by Gasteiger charge is -2.28. The van der Waals surface area contributed by atoms with E-state index in [1.54, 1.807) is 0 Å². The molecule has 134 valence electrons. The molecule has 0 aromatic heterocycles. The molecule has 0 radical (unpaired) electrons. The SMILES string of the molecule is CCCCCNC(=O)C(C)N1CCCC(N(C)CC(=O)O)CC1. The van der Waals surface area contributed by atoms with E-state index in [9.17, 15) is 9.59 Å². The molecule has 0 bridgehead atoms. The standard InChI is InChI=1S/C17H33N3O3/c1-4-5-6-10-18-17(23)14(2)20-11-7-8-15(9-12-20)19(3)13-16(21)22/h14-15H,4-13H2,1-3H3,(H,18,23)(H,21,22). The summed E-state index contributed by atoms with van der Waals surface area (Å²) < 4.78 is 0. The first kappa shape index (κ1) is 19.9. The van der Waals surface area contributed by atoms with Crippen molar-refractivity contribution in [3.8, 4) is 0 Å². The summed E-state index contributed by atoms with van der Waals surface area (Å²) in [5.74, 6) is -0.674. The van der Waals surface area contributed by atoms with E-state index in [0.29, 0.717) is 0 Å². The van der Waals surface area contributed by atoms with Gasteiger partial charge in [-0.15, -0.1) is 0 Å². The van der Waals surface area contributed by atoms with Crippen LogP contribution in [0.5, 0.6) is 0 Å². The van der Waals surface area contributed by atoms with E-state index in [1.807, 2.05) is 18.9 Å². The van der Waals surface area contributed by atoms with Crippen LogP contribution in [0.1, 0.15) is 52.4 Å². The highest BCUT2D eigenvalue weighted by Gasteiger charge is 2.26. The molecule has 23 heavy (non-hydrogen) atoms. The predicted molar refractivity (Wildman–Crippen MR) is 91.5 cm³/mol. The van der Waals surface area contributed by atoms with Crippen LogP contribution in [-0.2, 0) is 9.59 Å². The van der Waals surface area contributed by atoms with E-state index in [-0.39, 0.29) is 24.5 Å². The van der Waals surface area contributed by atoms with Crippen molar-refractivity contribution in [2.75, 3.05) is 33.2 Å². The molecule has 2 unspecified atom stereocenters. The van der Waals surface area contributed by atoms with Crippen molar-refractivity contribution in [2.45, 2.75) is 64.5 Å². The van der Waals surface area contributed by atoms with Gasteiger partial charge in [-0.1, -0.05) is 19.8 Å². The number of nitrogens with one attached hydrogen (secondary N) is 1. The zero-order valence-corrected chi connectivity index (χ0v) is 14.9. The monoisotopic (exact) mass is 327 g/mol. The first-order chi connectivity index (χ1) is 11.0. The number of likely N-dealkylation sites (tertiary alicyclic amines) is 1. The van der Waals surface area contributed by atoms with Crippen molar-refractivity contribution < 1.29 is 14.7 Å². The molecule has 0 aliphatic carbocycles. The summed E-state index contributed by atoms with van der Waals surface area (Å²) >= 11 is 0. The highest BCUT2D eigenvalue weighted by molar-refractivity contribution is 5.81. The van der Waals surface area contributed by atoms with Crippen molar-refractivity contribution in [2.24, 2.45) is 0 Å². The Morgan fingerprint density at radius 1 is 1.30 bits per heavy atom. The van der Waals surface area contributed by atoms with Crippen LogP contribution in [0, 0.1) is 0 Å². The number of carbonyl (C=O) groups is 2. The zero-order chi connectivity index (χ0) is 17.2. The van der Waals surface area contributed by atoms with Crippen LogP contribution in [0.4, 0.5) is 0 Å². The van der Waals surface area contributed by atoms with Crippen LogP contribution in [0.15, 0.2) is 0 Å². The summed E-state index contributed by atoms with van der Waals surface area (Å²) in [4.78, 5) is 27.2. The van der Waals surface area contributed by atoms with Gasteiger partial charge in [0.1, 0.15) is 0 Å². The molecule has 1 amide bonds. The number of carboxylic acids is 1. The van der Waals surface area contributed by atoms with Crippen LogP contribution in [0.3, 0.4) is 0 Å². The minimum atomic E-state index is -0.784. The minimum Gasteiger partial charge on any atom is -0.480 e. The number of carbonyl (C=O) groups excluding carboxylic acids is 1. The van der Waals surface area contributed by atoms with E-state index in [1.165, 1.54) is 0 Å². The summed E-state index contributed by atoms with van der Waals surface area (Å²) in [6.45, 7) is 6.71. The molecule has 0 aromatic rings. The molecule has 1 aliphatic rings. The lowest BCUT2D eigenvalue weighted by Crippen LogP contribution is -2.46. The van der Waals surface area contributed by atoms with Crippen molar-refractivity contribution in [3.05, 3.63) is 0 Å². The average molecular weight is 327 g/mol. The zero-order valence-electron chi connectivity index (χ0n) is 14.9. The quantitative estimate of drug-likeness (QED) is 0.629. The van der Waals surface area contributed by atoms with Gasteiger partial charge in [-0.3, -0.25) is 19.4 Å². The lowest BCUT2D eigenvalue weighted by atomic mass is 10.1. The number of nitrogens with zero attached hydrogens (tertiary/aromatic N) is 2. The number of rotatable bonds is 9. The Balaban J connectivity index is 2.40. The fourth-order valence-corrected chi connectivity index (χ4v) is 3.17. The number of hydrogen-bond acceptors (Lipinski definition) is 4. The Labute approximate surface area is 140 Å². The van der Waals surface area contributed by atoms with Gasteiger partial charge in [-0.05, 0) is 46.2 Å². The lowest BCUT2D eigenvalue weighted by molar-refractivity contribution is -0.138. The maximum absolute atomic E-state index is 12.2. The maximum Gasteiger partial charge on any atom is 0.317 e. The number of carboxylic acid groups (broad SMARTS) is 1. The third-order valence-corrected chi connectivity index (χ3v) is 4.75. The number of hydrogen-bond donors (Lipinski definition) is 2. The number of likely N-dealkylation sites (N-methyl/N-ethyl adjacent to an activating group) is 1. The second-order valence-corrected chi connectivity index (χ2v) is 6.60. The van der Waals surface area contributed by atoms with Gasteiger partial charge in [0.15, 0.2) is 0 Å². The van der Waals surface area contributed by atoms with E-state index in [4.69, 9.17) is 5.11 Å². The van der Waals surface area contributed by atoms with Crippen LogP contribution in [0.2, 0.25) is 0 Å². The second kappa shape index (κ2) is 10.6. The maximum atomic E-state index is 12.2. The summed E-state index contributed by atoms with van der Waals surface area (Å²) in [5.41, 5.74) is 0. The molecule has 0 spiro atoms. The molecule has 1 saturated heterocycles. The molecule has 6 nitrogen and oxygen atoms in total. The third kappa shape index (κ3) is 7.31. The fourth-order valence-electron chi connectivity index (χ4n) is 3.17. The molecule has 0 saturated carbocycles. The molecule has 1 fully saturated rings. The molecular formula is C17H33N3O3. The molecule has 2 N–H and O–H groups in total. The molecule has 1 rings (SSSR count). The first-order valence-corrected chi connectivity index (χ1v) is 8.89. The van der Waals surface area contributed by atoms with Gasteiger partial charge in [0.05, 0.1) is 12.6 Å².